The number of rotatable bonds is 4. The number of halogens is 4. The minimum absolute atomic E-state index is 0.0581. The minimum Gasteiger partial charge on any atom is -0.481 e. The van der Waals surface area contributed by atoms with Gasteiger partial charge in [-0.3, -0.25) is 9.36 Å². The molecule has 0 radical (unpaired) electrons. The Hall–Kier alpha value is -3.98. The number of hydrogen-bond donors (Lipinski definition) is 1. The van der Waals surface area contributed by atoms with E-state index in [1.165, 1.54) is 30.2 Å². The maximum Gasteiger partial charge on any atom is 0.434 e. The number of aromatic nitrogens is 3. The van der Waals surface area contributed by atoms with E-state index in [1.54, 1.807) is 6.07 Å². The molecule has 0 aliphatic carbocycles. The lowest BCUT2D eigenvalue weighted by molar-refractivity contribution is -0.142. The van der Waals surface area contributed by atoms with Crippen LogP contribution in [0.2, 0.25) is 0 Å². The van der Waals surface area contributed by atoms with Crippen molar-refractivity contribution in [3.63, 3.8) is 0 Å². The second-order valence-electron chi connectivity index (χ2n) is 7.98. The average molecular weight is 488 g/mol. The predicted octanol–water partition coefficient (Wildman–Crippen LogP) is 3.54. The van der Waals surface area contributed by atoms with Gasteiger partial charge in [-0.15, -0.1) is 0 Å². The zero-order valence-electron chi connectivity index (χ0n) is 18.5. The van der Waals surface area contributed by atoms with Crippen LogP contribution >= 0.6 is 0 Å². The van der Waals surface area contributed by atoms with E-state index in [1.807, 2.05) is 0 Å². The Kier molecular flexibility index (Phi) is 6.45. The fourth-order valence-corrected chi connectivity index (χ4v) is 3.99. The Labute approximate surface area is 197 Å². The van der Waals surface area contributed by atoms with Gasteiger partial charge in [0.2, 0.25) is 5.88 Å². The van der Waals surface area contributed by atoms with Crippen LogP contribution in [0.5, 0.6) is 5.88 Å². The van der Waals surface area contributed by atoms with Crippen LogP contribution < -0.4 is 10.5 Å². The number of carbonyl (C=O) groups excluding carboxylic acids is 1. The quantitative estimate of drug-likeness (QED) is 0.563. The zero-order chi connectivity index (χ0) is 25.3. The van der Waals surface area contributed by atoms with Gasteiger partial charge in [0, 0.05) is 30.8 Å². The summed E-state index contributed by atoms with van der Waals surface area (Å²) in [6.45, 7) is 0.329. The second kappa shape index (κ2) is 9.34. The van der Waals surface area contributed by atoms with Crippen LogP contribution in [-0.2, 0) is 6.18 Å². The lowest BCUT2D eigenvalue weighted by Crippen LogP contribution is -2.46. The molecule has 1 atom stereocenters. The monoisotopic (exact) mass is 488 g/mol. The minimum atomic E-state index is -5.00. The van der Waals surface area contributed by atoms with E-state index < -0.39 is 29.3 Å². The van der Waals surface area contributed by atoms with E-state index in [2.05, 4.69) is 9.97 Å². The molecule has 1 amide bonds. The van der Waals surface area contributed by atoms with E-state index >= 15 is 0 Å². The number of nitrogens with zero attached hydrogens (tertiary/aromatic N) is 5. The van der Waals surface area contributed by atoms with Crippen molar-refractivity contribution in [2.45, 2.75) is 25.1 Å². The first-order valence-corrected chi connectivity index (χ1v) is 10.6. The maximum atomic E-state index is 14.5. The number of piperidine rings is 1. The SMILES string of the molecule is COc1ccc(-n2c(-c3ccc(C#N)c(F)c3)nc(C(=O)N3CCC[C@H](N)C3)c2C(F)(F)F)cn1. The topological polar surface area (TPSA) is 110 Å². The lowest BCUT2D eigenvalue weighted by atomic mass is 10.1. The van der Waals surface area contributed by atoms with E-state index in [9.17, 15) is 22.4 Å². The molecule has 0 saturated carbocycles. The number of likely N-dealkylation sites (tertiary alicyclic amines) is 1. The molecule has 1 aliphatic rings. The Morgan fingerprint density at radius 3 is 2.63 bits per heavy atom. The average Bonchev–Trinajstić information content (AvgIpc) is 3.25. The van der Waals surface area contributed by atoms with Gasteiger partial charge >= 0.3 is 6.18 Å². The molecule has 1 aromatic carbocycles. The number of ether oxygens (including phenoxy) is 1. The van der Waals surface area contributed by atoms with E-state index in [0.717, 1.165) is 18.3 Å². The fourth-order valence-electron chi connectivity index (χ4n) is 3.99. The highest BCUT2D eigenvalue weighted by Gasteiger charge is 2.44. The standard InChI is InChI=1S/C23H20F4N6O2/c1-35-18-7-6-16(11-30-18)33-20(23(25,26)27)19(22(34)32-8-2-3-15(29)12-32)31-21(33)13-4-5-14(10-28)17(24)9-13/h4-7,9,11,15H,2-3,8,12,29H2,1H3/t15-/m0/s1. The van der Waals surface area contributed by atoms with Gasteiger partial charge in [-0.2, -0.15) is 18.4 Å². The number of benzene rings is 1. The Bertz CT molecular complexity index is 1300. The highest BCUT2D eigenvalue weighted by atomic mass is 19.4. The summed E-state index contributed by atoms with van der Waals surface area (Å²) in [6.07, 6.45) is -2.67. The van der Waals surface area contributed by atoms with Crippen LogP contribution in [-0.4, -0.2) is 51.6 Å². The van der Waals surface area contributed by atoms with Crippen LogP contribution in [0.4, 0.5) is 17.6 Å². The first kappa shape index (κ1) is 24.2. The third-order valence-corrected chi connectivity index (χ3v) is 5.63. The summed E-state index contributed by atoms with van der Waals surface area (Å²) < 4.78 is 63.5. The van der Waals surface area contributed by atoms with Crippen LogP contribution in [0.15, 0.2) is 36.5 Å². The van der Waals surface area contributed by atoms with Crippen LogP contribution in [0.3, 0.4) is 0 Å². The fraction of sp³-hybridized carbons (Fsp3) is 0.304. The summed E-state index contributed by atoms with van der Waals surface area (Å²) in [7, 11) is 1.35. The van der Waals surface area contributed by atoms with Crippen molar-refractivity contribution in [1.82, 2.24) is 19.4 Å². The number of carbonyl (C=O) groups is 1. The number of amides is 1. The summed E-state index contributed by atoms with van der Waals surface area (Å²) in [5.74, 6) is -2.04. The molecule has 1 saturated heterocycles. The Morgan fingerprint density at radius 2 is 2.06 bits per heavy atom. The van der Waals surface area contributed by atoms with Crippen molar-refractivity contribution in [3.8, 4) is 29.0 Å². The number of alkyl halides is 3. The summed E-state index contributed by atoms with van der Waals surface area (Å²) in [6, 6.07) is 7.27. The molecule has 8 nitrogen and oxygen atoms in total. The van der Waals surface area contributed by atoms with Crippen molar-refractivity contribution in [3.05, 3.63) is 59.3 Å². The molecular weight excluding hydrogens is 468 g/mol. The number of pyridine rings is 1. The molecule has 1 fully saturated rings. The maximum absolute atomic E-state index is 14.5. The molecule has 0 unspecified atom stereocenters. The van der Waals surface area contributed by atoms with Gasteiger partial charge in [0.15, 0.2) is 11.4 Å². The number of hydrogen-bond acceptors (Lipinski definition) is 6. The molecule has 4 rings (SSSR count). The molecule has 2 aromatic heterocycles. The van der Waals surface area contributed by atoms with E-state index in [0.29, 0.717) is 17.4 Å². The second-order valence-corrected chi connectivity index (χ2v) is 7.98. The van der Waals surface area contributed by atoms with Gasteiger partial charge in [0.1, 0.15) is 17.7 Å². The Balaban J connectivity index is 1.97. The van der Waals surface area contributed by atoms with Crippen molar-refractivity contribution < 1.29 is 27.1 Å². The first-order chi connectivity index (χ1) is 16.6. The number of nitrogens with two attached hydrogens (primary N) is 1. The van der Waals surface area contributed by atoms with Crippen molar-refractivity contribution >= 4 is 5.91 Å². The van der Waals surface area contributed by atoms with Gasteiger partial charge in [-0.05, 0) is 37.1 Å². The van der Waals surface area contributed by atoms with Gasteiger partial charge in [-0.1, -0.05) is 0 Å². The highest BCUT2D eigenvalue weighted by molar-refractivity contribution is 5.95. The third-order valence-electron chi connectivity index (χ3n) is 5.63. The molecule has 12 heteroatoms. The summed E-state index contributed by atoms with van der Waals surface area (Å²) in [4.78, 5) is 22.5. The molecule has 1 aliphatic heterocycles. The van der Waals surface area contributed by atoms with Crippen LogP contribution in [0, 0.1) is 17.1 Å². The summed E-state index contributed by atoms with van der Waals surface area (Å²) >= 11 is 0. The zero-order valence-corrected chi connectivity index (χ0v) is 18.5. The van der Waals surface area contributed by atoms with Gasteiger partial charge in [0.25, 0.3) is 5.91 Å². The number of imidazole rings is 1. The van der Waals surface area contributed by atoms with E-state index in [4.69, 9.17) is 15.7 Å². The summed E-state index contributed by atoms with van der Waals surface area (Å²) in [5.41, 5.74) is 3.35. The molecule has 2 N–H and O–H groups in total. The lowest BCUT2D eigenvalue weighted by Gasteiger charge is -2.30. The molecule has 0 bridgehead atoms. The highest BCUT2D eigenvalue weighted by Crippen LogP contribution is 2.38. The first-order valence-electron chi connectivity index (χ1n) is 10.6. The van der Waals surface area contributed by atoms with E-state index in [-0.39, 0.29) is 47.7 Å². The molecule has 3 heterocycles. The molecule has 0 spiro atoms. The summed E-state index contributed by atoms with van der Waals surface area (Å²) in [5, 5.41) is 9.02. The van der Waals surface area contributed by atoms with Crippen molar-refractivity contribution in [1.29, 1.82) is 5.26 Å². The Morgan fingerprint density at radius 1 is 1.29 bits per heavy atom. The van der Waals surface area contributed by atoms with Crippen molar-refractivity contribution in [2.24, 2.45) is 5.73 Å². The molecule has 35 heavy (non-hydrogen) atoms. The predicted molar refractivity (Wildman–Crippen MR) is 116 cm³/mol. The van der Waals surface area contributed by atoms with Crippen LogP contribution in [0.1, 0.15) is 34.6 Å². The van der Waals surface area contributed by atoms with Crippen molar-refractivity contribution in [2.75, 3.05) is 20.2 Å². The van der Waals surface area contributed by atoms with Gasteiger partial charge < -0.3 is 15.4 Å². The molecular formula is C23H20F4N6O2. The number of methoxy groups -OCH3 is 1. The third kappa shape index (κ3) is 4.67. The van der Waals surface area contributed by atoms with Gasteiger partial charge in [-0.25, -0.2) is 14.4 Å². The largest absolute Gasteiger partial charge is 0.481 e. The number of nitriles is 1. The molecule has 3 aromatic rings. The normalized spacial score (nSPS) is 16.1. The van der Waals surface area contributed by atoms with Crippen LogP contribution in [0.25, 0.3) is 17.1 Å². The smallest absolute Gasteiger partial charge is 0.434 e. The van der Waals surface area contributed by atoms with Gasteiger partial charge in [0.05, 0.1) is 24.6 Å². The molecule has 182 valence electrons.